The van der Waals surface area contributed by atoms with Gasteiger partial charge in [-0.1, -0.05) is 248 Å². The van der Waals surface area contributed by atoms with E-state index in [2.05, 4.69) is 67.8 Å². The van der Waals surface area contributed by atoms with E-state index in [-0.39, 0.29) is 18.5 Å². The number of carbonyl (C=O) groups excluding carboxylic acids is 2. The molecule has 0 spiro atoms. The summed E-state index contributed by atoms with van der Waals surface area (Å²) in [6.45, 7) is 4.30. The number of rotatable bonds is 56. The summed E-state index contributed by atoms with van der Waals surface area (Å²) in [7, 11) is 0. The molecule has 0 aliphatic carbocycles. The first-order valence-electron chi connectivity index (χ1n) is 32.6. The highest BCUT2D eigenvalue weighted by atomic mass is 16.7. The van der Waals surface area contributed by atoms with Gasteiger partial charge >= 0.3 is 5.97 Å². The van der Waals surface area contributed by atoms with Gasteiger partial charge in [0.25, 0.3) is 0 Å². The molecule has 11 heteroatoms. The minimum atomic E-state index is -1.58. The van der Waals surface area contributed by atoms with Crippen molar-refractivity contribution in [3.05, 3.63) is 60.8 Å². The number of ether oxygens (including phenoxy) is 3. The van der Waals surface area contributed by atoms with Crippen LogP contribution in [0.1, 0.15) is 290 Å². The Hall–Kier alpha value is -2.64. The number of hydrogen-bond acceptors (Lipinski definition) is 10. The first-order chi connectivity index (χ1) is 38.2. The monoisotopic (exact) mass is 1100 g/mol. The highest BCUT2D eigenvalue weighted by Gasteiger charge is 2.44. The number of carbonyl (C=O) groups is 2. The lowest BCUT2D eigenvalue weighted by Gasteiger charge is -2.40. The molecule has 1 amide bonds. The number of esters is 1. The lowest BCUT2D eigenvalue weighted by atomic mass is 9.99. The zero-order chi connectivity index (χ0) is 56.6. The van der Waals surface area contributed by atoms with Gasteiger partial charge in [0, 0.05) is 12.8 Å². The van der Waals surface area contributed by atoms with E-state index in [0.717, 1.165) is 96.3 Å². The molecule has 7 atom stereocenters. The predicted octanol–water partition coefficient (Wildman–Crippen LogP) is 15.8. The van der Waals surface area contributed by atoms with Crippen molar-refractivity contribution < 1.29 is 49.3 Å². The van der Waals surface area contributed by atoms with Gasteiger partial charge in [0.05, 0.1) is 32.0 Å². The Kier molecular flexibility index (Phi) is 52.9. The minimum Gasteiger partial charge on any atom is -0.466 e. The van der Waals surface area contributed by atoms with Crippen LogP contribution in [0.15, 0.2) is 60.8 Å². The fourth-order valence-electron chi connectivity index (χ4n) is 9.91. The number of hydrogen-bond donors (Lipinski definition) is 6. The minimum absolute atomic E-state index is 0.00298. The van der Waals surface area contributed by atoms with Crippen molar-refractivity contribution in [1.82, 2.24) is 5.32 Å². The van der Waals surface area contributed by atoms with Crippen molar-refractivity contribution in [1.29, 1.82) is 0 Å². The first kappa shape index (κ1) is 73.4. The number of aliphatic hydroxyl groups is 5. The zero-order valence-corrected chi connectivity index (χ0v) is 50.1. The molecule has 11 nitrogen and oxygen atoms in total. The topological polar surface area (TPSA) is 175 Å². The van der Waals surface area contributed by atoms with Crippen molar-refractivity contribution >= 4 is 11.9 Å². The second-order valence-corrected chi connectivity index (χ2v) is 22.4. The molecule has 1 aliphatic rings. The van der Waals surface area contributed by atoms with E-state index in [1.807, 2.05) is 6.08 Å². The van der Waals surface area contributed by atoms with Crippen LogP contribution in [0.2, 0.25) is 0 Å². The van der Waals surface area contributed by atoms with Crippen molar-refractivity contribution in [3.63, 3.8) is 0 Å². The van der Waals surface area contributed by atoms with Gasteiger partial charge in [0.15, 0.2) is 6.29 Å². The molecule has 1 fully saturated rings. The van der Waals surface area contributed by atoms with Gasteiger partial charge in [0.1, 0.15) is 24.4 Å². The molecule has 0 saturated carbocycles. The number of nitrogens with one attached hydrogen (secondary N) is 1. The lowest BCUT2D eigenvalue weighted by Crippen LogP contribution is -2.60. The maximum absolute atomic E-state index is 13.0. The Morgan fingerprint density at radius 1 is 0.474 bits per heavy atom. The second-order valence-electron chi connectivity index (χ2n) is 22.4. The second kappa shape index (κ2) is 56.2. The molecule has 0 radical (unpaired) electrons. The summed E-state index contributed by atoms with van der Waals surface area (Å²) in [6.07, 6.45) is 63.2. The van der Waals surface area contributed by atoms with Gasteiger partial charge in [0.2, 0.25) is 5.91 Å². The molecule has 1 saturated heterocycles. The van der Waals surface area contributed by atoms with E-state index >= 15 is 0 Å². The summed E-state index contributed by atoms with van der Waals surface area (Å²) in [6, 6.07) is -0.840. The maximum Gasteiger partial charge on any atom is 0.305 e. The van der Waals surface area contributed by atoms with E-state index in [4.69, 9.17) is 14.2 Å². The number of amides is 1. The highest BCUT2D eigenvalue weighted by molar-refractivity contribution is 5.76. The van der Waals surface area contributed by atoms with Crippen LogP contribution in [0.25, 0.3) is 0 Å². The standard InChI is InChI=1S/C67H121NO10/c1-3-5-7-9-11-13-15-16-30-34-37-41-45-49-53-60(70)59(58-77-67-66(75)65(74)64(73)61(57-69)78-67)68-62(71)54-50-46-42-38-35-31-28-26-24-22-20-18-17-19-21-23-25-27-29-32-36-40-44-48-52-56-76-63(72)55-51-47-43-39-33-14-12-10-8-6-4-2/h13,15,18-21,34,37,49,53,59-61,64-67,69-70,73-75H,3-12,14,16-17,22-33,35-36,38-48,50-52,54-58H2,1-2H3,(H,68,71)/b15-13+,20-18-,21-19-,37-34+,53-49+. The summed E-state index contributed by atoms with van der Waals surface area (Å²) in [5.74, 6) is -0.206. The van der Waals surface area contributed by atoms with E-state index in [0.29, 0.717) is 19.4 Å². The Morgan fingerprint density at radius 3 is 1.36 bits per heavy atom. The van der Waals surface area contributed by atoms with E-state index in [9.17, 15) is 35.1 Å². The fraction of sp³-hybridized carbons (Fsp3) is 0.821. The largest absolute Gasteiger partial charge is 0.466 e. The first-order valence-corrected chi connectivity index (χ1v) is 32.6. The Bertz CT molecular complexity index is 1480. The molecule has 0 aromatic rings. The van der Waals surface area contributed by atoms with Gasteiger partial charge < -0.3 is 45.1 Å². The van der Waals surface area contributed by atoms with Gasteiger partial charge in [-0.15, -0.1) is 0 Å². The molecule has 1 aliphatic heterocycles. The molecule has 78 heavy (non-hydrogen) atoms. The average molecular weight is 1100 g/mol. The van der Waals surface area contributed by atoms with Crippen molar-refractivity contribution in [3.8, 4) is 0 Å². The van der Waals surface area contributed by atoms with Crippen LogP contribution in [0.5, 0.6) is 0 Å². The van der Waals surface area contributed by atoms with Crippen molar-refractivity contribution in [2.45, 2.75) is 333 Å². The van der Waals surface area contributed by atoms with Crippen LogP contribution >= 0.6 is 0 Å². The smallest absolute Gasteiger partial charge is 0.305 e. The number of unbranched alkanes of at least 4 members (excludes halogenated alkanes) is 34. The van der Waals surface area contributed by atoms with Gasteiger partial charge in [-0.05, 0) is 89.9 Å². The summed E-state index contributed by atoms with van der Waals surface area (Å²) >= 11 is 0. The van der Waals surface area contributed by atoms with Crippen LogP contribution in [0, 0.1) is 0 Å². The lowest BCUT2D eigenvalue weighted by molar-refractivity contribution is -0.302. The Balaban J connectivity index is 2.08. The van der Waals surface area contributed by atoms with Crippen LogP contribution in [-0.4, -0.2) is 100 Å². The third-order valence-electron chi connectivity index (χ3n) is 15.1. The summed E-state index contributed by atoms with van der Waals surface area (Å²) in [4.78, 5) is 25.1. The van der Waals surface area contributed by atoms with Crippen molar-refractivity contribution in [2.24, 2.45) is 0 Å². The quantitative estimate of drug-likeness (QED) is 0.0195. The highest BCUT2D eigenvalue weighted by Crippen LogP contribution is 2.23. The maximum atomic E-state index is 13.0. The fourth-order valence-corrected chi connectivity index (χ4v) is 9.91. The third kappa shape index (κ3) is 45.0. The van der Waals surface area contributed by atoms with E-state index < -0.39 is 49.5 Å². The zero-order valence-electron chi connectivity index (χ0n) is 50.1. The third-order valence-corrected chi connectivity index (χ3v) is 15.1. The van der Waals surface area contributed by atoms with Gasteiger partial charge in [-0.3, -0.25) is 9.59 Å². The molecule has 1 rings (SSSR count). The number of aliphatic hydroxyl groups excluding tert-OH is 5. The normalized spacial score (nSPS) is 18.9. The molecule has 7 unspecified atom stereocenters. The molecule has 0 aromatic carbocycles. The SMILES string of the molecule is CCCCCC/C=C/CC/C=C/CC/C=C/C(O)C(COC1OC(CO)C(O)C(O)C1O)NC(=O)CCCCCCCCCCC/C=C\C/C=C\CCCCCCCCCCCOC(=O)CCCCCCCCCCCCC. The van der Waals surface area contributed by atoms with Crippen LogP contribution < -0.4 is 5.32 Å². The molecule has 6 N–H and O–H groups in total. The van der Waals surface area contributed by atoms with Crippen LogP contribution in [0.4, 0.5) is 0 Å². The van der Waals surface area contributed by atoms with E-state index in [1.54, 1.807) is 6.08 Å². The molecule has 0 bridgehead atoms. The van der Waals surface area contributed by atoms with Crippen molar-refractivity contribution in [2.75, 3.05) is 19.8 Å². The summed E-state index contributed by atoms with van der Waals surface area (Å²) < 4.78 is 16.7. The Labute approximate surface area is 478 Å². The number of allylic oxidation sites excluding steroid dienone is 9. The van der Waals surface area contributed by atoms with E-state index in [1.165, 1.54) is 167 Å². The molecular weight excluding hydrogens is 979 g/mol. The van der Waals surface area contributed by atoms with Gasteiger partial charge in [-0.2, -0.15) is 0 Å². The summed E-state index contributed by atoms with van der Waals surface area (Å²) in [5.41, 5.74) is 0. The van der Waals surface area contributed by atoms with Gasteiger partial charge in [-0.25, -0.2) is 0 Å². The molecule has 454 valence electrons. The van der Waals surface area contributed by atoms with Crippen LogP contribution in [0.3, 0.4) is 0 Å². The molecular formula is C67H121NO10. The van der Waals surface area contributed by atoms with Crippen LogP contribution in [-0.2, 0) is 23.8 Å². The Morgan fingerprint density at radius 2 is 0.872 bits per heavy atom. The predicted molar refractivity (Wildman–Crippen MR) is 324 cm³/mol. The molecule has 0 aromatic heterocycles. The average Bonchev–Trinajstić information content (AvgIpc) is 3.45. The summed E-state index contributed by atoms with van der Waals surface area (Å²) in [5, 5.41) is 54.4. The molecule has 1 heterocycles.